The second-order valence-corrected chi connectivity index (χ2v) is 4.47. The predicted molar refractivity (Wildman–Crippen MR) is 90.1 cm³/mol. The molecule has 0 unspecified atom stereocenters. The van der Waals surface area contributed by atoms with Gasteiger partial charge in [0.1, 0.15) is 23.2 Å². The van der Waals surface area contributed by atoms with Crippen LogP contribution in [0, 0.1) is 11.3 Å². The average Bonchev–Trinajstić information content (AvgIpc) is 2.47. The first-order valence-corrected chi connectivity index (χ1v) is 6.54. The molecule has 1 aromatic carbocycles. The molecule has 116 valence electrons. The molecule has 0 saturated carbocycles. The highest BCUT2D eigenvalue weighted by Gasteiger charge is 2.13. The molecular weight excluding hydrogens is 302 g/mol. The van der Waals surface area contributed by atoms with Crippen LogP contribution in [0.4, 0.5) is 11.5 Å². The van der Waals surface area contributed by atoms with Crippen molar-refractivity contribution in [2.75, 3.05) is 31.2 Å². The van der Waals surface area contributed by atoms with Gasteiger partial charge in [-0.15, -0.1) is 12.4 Å². The van der Waals surface area contributed by atoms with Gasteiger partial charge in [-0.1, -0.05) is 12.1 Å². The Bertz CT molecular complexity index is 684. The van der Waals surface area contributed by atoms with Crippen LogP contribution >= 0.6 is 12.4 Å². The van der Waals surface area contributed by atoms with Crippen molar-refractivity contribution < 1.29 is 5.11 Å². The summed E-state index contributed by atoms with van der Waals surface area (Å²) in [5.41, 5.74) is 7.87. The summed E-state index contributed by atoms with van der Waals surface area (Å²) in [6.07, 6.45) is 0. The Morgan fingerprint density at radius 3 is 2.68 bits per heavy atom. The van der Waals surface area contributed by atoms with E-state index in [1.807, 2.05) is 7.05 Å². The van der Waals surface area contributed by atoms with E-state index < -0.39 is 0 Å². The SMILES string of the molecule is CNCCNc1cc(-c2ccccc2O)nc(N)c1C#N.Cl. The highest BCUT2D eigenvalue weighted by molar-refractivity contribution is 5.85. The fourth-order valence-electron chi connectivity index (χ4n) is 1.97. The van der Waals surface area contributed by atoms with Gasteiger partial charge in [-0.2, -0.15) is 5.26 Å². The number of phenols is 1. The Hall–Kier alpha value is -2.49. The summed E-state index contributed by atoms with van der Waals surface area (Å²) in [6, 6.07) is 10.6. The van der Waals surface area contributed by atoms with Gasteiger partial charge in [0.2, 0.25) is 0 Å². The number of anilines is 2. The lowest BCUT2D eigenvalue weighted by Gasteiger charge is -2.12. The van der Waals surface area contributed by atoms with Crippen molar-refractivity contribution in [3.8, 4) is 23.1 Å². The quantitative estimate of drug-likeness (QED) is 0.628. The van der Waals surface area contributed by atoms with E-state index in [1.165, 1.54) is 0 Å². The summed E-state index contributed by atoms with van der Waals surface area (Å²) in [6.45, 7) is 1.40. The molecule has 2 aromatic rings. The smallest absolute Gasteiger partial charge is 0.144 e. The van der Waals surface area contributed by atoms with Crippen molar-refractivity contribution in [2.45, 2.75) is 0 Å². The summed E-state index contributed by atoms with van der Waals surface area (Å²) in [4.78, 5) is 4.20. The lowest BCUT2D eigenvalue weighted by atomic mass is 10.1. The van der Waals surface area contributed by atoms with E-state index in [1.54, 1.807) is 30.3 Å². The van der Waals surface area contributed by atoms with Crippen LogP contribution in [0.5, 0.6) is 5.75 Å². The summed E-state index contributed by atoms with van der Waals surface area (Å²) >= 11 is 0. The Morgan fingerprint density at radius 2 is 2.05 bits per heavy atom. The largest absolute Gasteiger partial charge is 0.507 e. The number of pyridine rings is 1. The van der Waals surface area contributed by atoms with Crippen LogP contribution in [-0.4, -0.2) is 30.2 Å². The van der Waals surface area contributed by atoms with Gasteiger partial charge in [0.05, 0.1) is 11.4 Å². The van der Waals surface area contributed by atoms with E-state index in [2.05, 4.69) is 21.7 Å². The number of likely N-dealkylation sites (N-methyl/N-ethyl adjacent to an activating group) is 1. The second kappa shape index (κ2) is 8.08. The highest BCUT2D eigenvalue weighted by Crippen LogP contribution is 2.31. The Labute approximate surface area is 135 Å². The zero-order valence-electron chi connectivity index (χ0n) is 12.1. The molecular formula is C15H18ClN5O. The normalized spacial score (nSPS) is 9.64. The molecule has 0 saturated heterocycles. The number of hydrogen-bond donors (Lipinski definition) is 4. The molecule has 1 heterocycles. The lowest BCUT2D eigenvalue weighted by molar-refractivity contribution is 0.477. The van der Waals surface area contributed by atoms with Gasteiger partial charge >= 0.3 is 0 Å². The monoisotopic (exact) mass is 319 g/mol. The molecule has 0 aliphatic carbocycles. The maximum absolute atomic E-state index is 9.91. The van der Waals surface area contributed by atoms with Crippen molar-refractivity contribution in [2.24, 2.45) is 0 Å². The Balaban J connectivity index is 0.00000242. The van der Waals surface area contributed by atoms with Crippen LogP contribution in [0.15, 0.2) is 30.3 Å². The number of nitrogen functional groups attached to an aromatic ring is 1. The number of hydrogen-bond acceptors (Lipinski definition) is 6. The molecule has 1 aromatic heterocycles. The topological polar surface area (TPSA) is 107 Å². The van der Waals surface area contributed by atoms with E-state index in [9.17, 15) is 10.4 Å². The third-order valence-electron chi connectivity index (χ3n) is 3.03. The third-order valence-corrected chi connectivity index (χ3v) is 3.03. The van der Waals surface area contributed by atoms with Crippen LogP contribution in [0.2, 0.25) is 0 Å². The van der Waals surface area contributed by atoms with Crippen molar-refractivity contribution in [3.63, 3.8) is 0 Å². The summed E-state index contributed by atoms with van der Waals surface area (Å²) in [5, 5.41) is 25.3. The molecule has 0 bridgehead atoms. The number of halogens is 1. The van der Waals surface area contributed by atoms with Gasteiger partial charge in [0.25, 0.3) is 0 Å². The third kappa shape index (κ3) is 3.79. The van der Waals surface area contributed by atoms with Gasteiger partial charge in [0, 0.05) is 18.7 Å². The highest BCUT2D eigenvalue weighted by atomic mass is 35.5. The molecule has 0 fully saturated rings. The molecule has 0 atom stereocenters. The van der Waals surface area contributed by atoms with Gasteiger partial charge in [-0.25, -0.2) is 4.98 Å². The van der Waals surface area contributed by atoms with Crippen molar-refractivity contribution in [1.29, 1.82) is 5.26 Å². The molecule has 7 heteroatoms. The summed E-state index contributed by atoms with van der Waals surface area (Å²) < 4.78 is 0. The first-order chi connectivity index (χ1) is 10.2. The van der Waals surface area contributed by atoms with Crippen LogP contribution in [0.1, 0.15) is 5.56 Å². The van der Waals surface area contributed by atoms with Crippen molar-refractivity contribution in [3.05, 3.63) is 35.9 Å². The van der Waals surface area contributed by atoms with Crippen LogP contribution in [-0.2, 0) is 0 Å². The predicted octanol–water partition coefficient (Wildman–Crippen LogP) is 1.96. The fraction of sp³-hybridized carbons (Fsp3) is 0.200. The number of rotatable bonds is 5. The molecule has 5 N–H and O–H groups in total. The fourth-order valence-corrected chi connectivity index (χ4v) is 1.97. The Kier molecular flexibility index (Phi) is 6.45. The molecule has 0 aliphatic heterocycles. The van der Waals surface area contributed by atoms with Crippen LogP contribution in [0.25, 0.3) is 11.3 Å². The minimum atomic E-state index is 0. The van der Waals surface area contributed by atoms with E-state index >= 15 is 0 Å². The van der Waals surface area contributed by atoms with Crippen LogP contribution in [0.3, 0.4) is 0 Å². The molecule has 22 heavy (non-hydrogen) atoms. The number of para-hydroxylation sites is 1. The summed E-state index contributed by atoms with van der Waals surface area (Å²) in [5.74, 6) is 0.264. The summed E-state index contributed by atoms with van der Waals surface area (Å²) in [7, 11) is 1.85. The van der Waals surface area contributed by atoms with E-state index in [0.717, 1.165) is 6.54 Å². The van der Waals surface area contributed by atoms with E-state index in [-0.39, 0.29) is 24.0 Å². The number of nitrogens with two attached hydrogens (primary N) is 1. The molecule has 2 rings (SSSR count). The van der Waals surface area contributed by atoms with Crippen LogP contribution < -0.4 is 16.4 Å². The number of phenolic OH excluding ortho intramolecular Hbond substituents is 1. The molecule has 0 radical (unpaired) electrons. The molecule has 0 spiro atoms. The molecule has 6 nitrogen and oxygen atoms in total. The van der Waals surface area contributed by atoms with Gasteiger partial charge in [-0.3, -0.25) is 0 Å². The minimum Gasteiger partial charge on any atom is -0.507 e. The average molecular weight is 320 g/mol. The molecule has 0 amide bonds. The lowest BCUT2D eigenvalue weighted by Crippen LogP contribution is -2.18. The number of nitrogens with one attached hydrogen (secondary N) is 2. The van der Waals surface area contributed by atoms with Gasteiger partial charge in [-0.05, 0) is 25.2 Å². The zero-order valence-corrected chi connectivity index (χ0v) is 12.9. The minimum absolute atomic E-state index is 0. The number of nitriles is 1. The standard InChI is InChI=1S/C15H17N5O.ClH/c1-18-6-7-19-12-8-13(20-15(17)11(12)9-16)10-4-2-3-5-14(10)21;/h2-5,8,18,21H,6-7H2,1H3,(H3,17,19,20);1H. The zero-order chi connectivity index (χ0) is 15.2. The first-order valence-electron chi connectivity index (χ1n) is 6.54. The van der Waals surface area contributed by atoms with E-state index in [4.69, 9.17) is 5.73 Å². The number of aromatic hydroxyl groups is 1. The first kappa shape index (κ1) is 17.6. The van der Waals surface area contributed by atoms with E-state index in [0.29, 0.717) is 29.1 Å². The Morgan fingerprint density at radius 1 is 1.32 bits per heavy atom. The van der Waals surface area contributed by atoms with Gasteiger partial charge in [0.15, 0.2) is 0 Å². The number of nitrogens with zero attached hydrogens (tertiary/aromatic N) is 2. The molecule has 0 aliphatic rings. The van der Waals surface area contributed by atoms with Crippen molar-refractivity contribution >= 4 is 23.9 Å². The number of aromatic nitrogens is 1. The van der Waals surface area contributed by atoms with Gasteiger partial charge < -0.3 is 21.5 Å². The maximum atomic E-state index is 9.91. The second-order valence-electron chi connectivity index (χ2n) is 4.47. The number of benzene rings is 1. The maximum Gasteiger partial charge on any atom is 0.144 e. The van der Waals surface area contributed by atoms with Crippen molar-refractivity contribution in [1.82, 2.24) is 10.3 Å².